The second-order valence-electron chi connectivity index (χ2n) is 5.91. The summed E-state index contributed by atoms with van der Waals surface area (Å²) in [5, 5.41) is 14.4. The highest BCUT2D eigenvalue weighted by Crippen LogP contribution is 2.13. The summed E-state index contributed by atoms with van der Waals surface area (Å²) in [5.74, 6) is -1.61. The Balaban J connectivity index is 2.32. The molecule has 2 unspecified atom stereocenters. The molecule has 7 heteroatoms. The summed E-state index contributed by atoms with van der Waals surface area (Å²) in [4.78, 5) is 25.1. The Morgan fingerprint density at radius 2 is 1.86 bits per heavy atom. The first-order chi connectivity index (χ1) is 9.82. The summed E-state index contributed by atoms with van der Waals surface area (Å²) in [6.07, 6.45) is 0. The van der Waals surface area contributed by atoms with Gasteiger partial charge in [0, 0.05) is 25.2 Å². The van der Waals surface area contributed by atoms with Gasteiger partial charge in [0.05, 0.1) is 19.3 Å². The first kappa shape index (κ1) is 17.7. The third-order valence-corrected chi connectivity index (χ3v) is 3.70. The minimum Gasteiger partial charge on any atom is -0.481 e. The Bertz CT molecular complexity index is 352. The molecule has 0 aromatic carbocycles. The Labute approximate surface area is 126 Å². The molecule has 2 amide bonds. The van der Waals surface area contributed by atoms with Crippen molar-refractivity contribution in [3.05, 3.63) is 0 Å². The lowest BCUT2D eigenvalue weighted by Crippen LogP contribution is -2.49. The third kappa shape index (κ3) is 5.51. The van der Waals surface area contributed by atoms with Crippen LogP contribution in [0.5, 0.6) is 0 Å². The average molecular weight is 301 g/mol. The van der Waals surface area contributed by atoms with E-state index in [9.17, 15) is 9.59 Å². The van der Waals surface area contributed by atoms with E-state index in [1.807, 2.05) is 0 Å². The normalized spacial score (nSPS) is 22.0. The van der Waals surface area contributed by atoms with Gasteiger partial charge in [0.1, 0.15) is 5.92 Å². The Kier molecular flexibility index (Phi) is 6.91. The average Bonchev–Trinajstić information content (AvgIpc) is 2.81. The molecule has 0 aromatic rings. The molecule has 0 saturated carbocycles. The first-order valence-corrected chi connectivity index (χ1v) is 7.43. The standard InChI is InChI=1S/C14H27N3O4/c1-9(2)17(10(3)4)6-5-15-14(20)16-12-8-21-7-11(12)13(18)19/h9-12H,5-8H2,1-4H3,(H,18,19)(H2,15,16,20). The lowest BCUT2D eigenvalue weighted by molar-refractivity contribution is -0.142. The molecule has 122 valence electrons. The van der Waals surface area contributed by atoms with Crippen molar-refractivity contribution < 1.29 is 19.4 Å². The zero-order valence-electron chi connectivity index (χ0n) is 13.3. The zero-order valence-corrected chi connectivity index (χ0v) is 13.3. The summed E-state index contributed by atoms with van der Waals surface area (Å²) in [6.45, 7) is 10.1. The summed E-state index contributed by atoms with van der Waals surface area (Å²) in [6, 6.07) is 0.0157. The quantitative estimate of drug-likeness (QED) is 0.637. The maximum Gasteiger partial charge on any atom is 0.315 e. The van der Waals surface area contributed by atoms with Crippen LogP contribution >= 0.6 is 0 Å². The number of carbonyl (C=O) groups excluding carboxylic acids is 1. The van der Waals surface area contributed by atoms with Crippen LogP contribution < -0.4 is 10.6 Å². The number of carboxylic acid groups (broad SMARTS) is 1. The Hall–Kier alpha value is -1.34. The third-order valence-electron chi connectivity index (χ3n) is 3.70. The molecule has 7 nitrogen and oxygen atoms in total. The number of ether oxygens (including phenoxy) is 1. The monoisotopic (exact) mass is 301 g/mol. The molecule has 0 aliphatic carbocycles. The van der Waals surface area contributed by atoms with E-state index in [4.69, 9.17) is 9.84 Å². The molecule has 21 heavy (non-hydrogen) atoms. The van der Waals surface area contributed by atoms with Gasteiger partial charge in [-0.2, -0.15) is 0 Å². The van der Waals surface area contributed by atoms with Crippen LogP contribution in [0.15, 0.2) is 0 Å². The number of urea groups is 1. The van der Waals surface area contributed by atoms with Gasteiger partial charge in [-0.25, -0.2) is 4.79 Å². The molecule has 3 N–H and O–H groups in total. The van der Waals surface area contributed by atoms with Crippen LogP contribution in [-0.2, 0) is 9.53 Å². The predicted octanol–water partition coefficient (Wildman–Crippen LogP) is 0.504. The van der Waals surface area contributed by atoms with E-state index >= 15 is 0 Å². The molecule has 1 aliphatic rings. The molecule has 0 bridgehead atoms. The van der Waals surface area contributed by atoms with E-state index in [1.165, 1.54) is 0 Å². The van der Waals surface area contributed by atoms with Crippen molar-refractivity contribution in [2.45, 2.75) is 45.8 Å². The fourth-order valence-electron chi connectivity index (χ4n) is 2.57. The number of nitrogens with zero attached hydrogens (tertiary/aromatic N) is 1. The van der Waals surface area contributed by atoms with Crippen LogP contribution in [0.1, 0.15) is 27.7 Å². The number of hydrogen-bond donors (Lipinski definition) is 3. The number of nitrogens with one attached hydrogen (secondary N) is 2. The van der Waals surface area contributed by atoms with Crippen LogP contribution in [0.25, 0.3) is 0 Å². The SMILES string of the molecule is CC(C)N(CCNC(=O)NC1COCC1C(=O)O)C(C)C. The number of carbonyl (C=O) groups is 2. The molecular weight excluding hydrogens is 274 g/mol. The van der Waals surface area contributed by atoms with E-state index < -0.39 is 17.9 Å². The molecule has 1 aliphatic heterocycles. The summed E-state index contributed by atoms with van der Waals surface area (Å²) >= 11 is 0. The number of carboxylic acids is 1. The molecule has 1 saturated heterocycles. The van der Waals surface area contributed by atoms with Crippen molar-refractivity contribution in [2.24, 2.45) is 5.92 Å². The fraction of sp³-hybridized carbons (Fsp3) is 0.857. The first-order valence-electron chi connectivity index (χ1n) is 7.43. The molecule has 1 fully saturated rings. The van der Waals surface area contributed by atoms with Gasteiger partial charge >= 0.3 is 12.0 Å². The maximum absolute atomic E-state index is 11.8. The Morgan fingerprint density at radius 1 is 1.24 bits per heavy atom. The number of aliphatic carboxylic acids is 1. The minimum atomic E-state index is -0.941. The number of hydrogen-bond acceptors (Lipinski definition) is 4. The zero-order chi connectivity index (χ0) is 16.0. The highest BCUT2D eigenvalue weighted by molar-refractivity contribution is 5.77. The summed E-state index contributed by atoms with van der Waals surface area (Å²) < 4.78 is 5.11. The van der Waals surface area contributed by atoms with Crippen molar-refractivity contribution in [3.63, 3.8) is 0 Å². The van der Waals surface area contributed by atoms with E-state index in [0.29, 0.717) is 18.6 Å². The number of amides is 2. The molecule has 0 aromatic heterocycles. The summed E-state index contributed by atoms with van der Waals surface area (Å²) in [5.41, 5.74) is 0. The predicted molar refractivity (Wildman–Crippen MR) is 79.2 cm³/mol. The number of rotatable bonds is 7. The van der Waals surface area contributed by atoms with E-state index in [2.05, 4.69) is 43.2 Å². The van der Waals surface area contributed by atoms with Gasteiger partial charge in [0.2, 0.25) is 0 Å². The Morgan fingerprint density at radius 3 is 2.38 bits per heavy atom. The smallest absolute Gasteiger partial charge is 0.315 e. The van der Waals surface area contributed by atoms with Crippen molar-refractivity contribution in [1.29, 1.82) is 0 Å². The fourth-order valence-corrected chi connectivity index (χ4v) is 2.57. The van der Waals surface area contributed by atoms with Crippen LogP contribution in [0.3, 0.4) is 0 Å². The van der Waals surface area contributed by atoms with Gasteiger partial charge in [0.15, 0.2) is 0 Å². The highest BCUT2D eigenvalue weighted by atomic mass is 16.5. The van der Waals surface area contributed by atoms with Crippen LogP contribution in [0.4, 0.5) is 4.79 Å². The molecule has 2 atom stereocenters. The second-order valence-corrected chi connectivity index (χ2v) is 5.91. The van der Waals surface area contributed by atoms with Gasteiger partial charge in [-0.1, -0.05) is 0 Å². The second kappa shape index (κ2) is 8.19. The van der Waals surface area contributed by atoms with Gasteiger partial charge in [-0.15, -0.1) is 0 Å². The van der Waals surface area contributed by atoms with Gasteiger partial charge in [-0.3, -0.25) is 9.69 Å². The topological polar surface area (TPSA) is 90.9 Å². The molecule has 1 rings (SSSR count). The van der Waals surface area contributed by atoms with Gasteiger partial charge in [0.25, 0.3) is 0 Å². The van der Waals surface area contributed by atoms with Crippen molar-refractivity contribution in [3.8, 4) is 0 Å². The highest BCUT2D eigenvalue weighted by Gasteiger charge is 2.35. The van der Waals surface area contributed by atoms with Crippen LogP contribution in [-0.4, -0.2) is 66.4 Å². The lowest BCUT2D eigenvalue weighted by atomic mass is 10.0. The minimum absolute atomic E-state index is 0.148. The summed E-state index contributed by atoms with van der Waals surface area (Å²) in [7, 11) is 0. The van der Waals surface area contributed by atoms with Crippen LogP contribution in [0.2, 0.25) is 0 Å². The molecular formula is C14H27N3O4. The van der Waals surface area contributed by atoms with Crippen molar-refractivity contribution >= 4 is 12.0 Å². The maximum atomic E-state index is 11.8. The van der Waals surface area contributed by atoms with Crippen molar-refractivity contribution in [2.75, 3.05) is 26.3 Å². The van der Waals surface area contributed by atoms with Crippen LogP contribution in [0, 0.1) is 5.92 Å². The lowest BCUT2D eigenvalue weighted by Gasteiger charge is -2.30. The van der Waals surface area contributed by atoms with Gasteiger partial charge < -0.3 is 20.5 Å². The van der Waals surface area contributed by atoms with Gasteiger partial charge in [-0.05, 0) is 27.7 Å². The molecule has 0 radical (unpaired) electrons. The van der Waals surface area contributed by atoms with Crippen molar-refractivity contribution in [1.82, 2.24) is 15.5 Å². The molecule has 1 heterocycles. The van der Waals surface area contributed by atoms with E-state index in [-0.39, 0.29) is 19.2 Å². The molecule has 0 spiro atoms. The largest absolute Gasteiger partial charge is 0.481 e. The van der Waals surface area contributed by atoms with E-state index in [0.717, 1.165) is 6.54 Å². The van der Waals surface area contributed by atoms with E-state index in [1.54, 1.807) is 0 Å².